The summed E-state index contributed by atoms with van der Waals surface area (Å²) in [6, 6.07) is 3.61. The lowest BCUT2D eigenvalue weighted by Crippen LogP contribution is -2.42. The lowest BCUT2D eigenvalue weighted by molar-refractivity contribution is -0.118. The van der Waals surface area contributed by atoms with Gasteiger partial charge in [-0.1, -0.05) is 13.8 Å². The van der Waals surface area contributed by atoms with Crippen molar-refractivity contribution < 1.29 is 13.2 Å². The Hall–Kier alpha value is -1.40. The van der Waals surface area contributed by atoms with Crippen molar-refractivity contribution in [2.24, 2.45) is 11.8 Å². The molecule has 130 valence electrons. The highest BCUT2D eigenvalue weighted by Gasteiger charge is 2.36. The Labute approximate surface area is 143 Å². The summed E-state index contributed by atoms with van der Waals surface area (Å²) in [6.07, 6.45) is 2.96. The maximum Gasteiger partial charge on any atom is 0.243 e. The van der Waals surface area contributed by atoms with Gasteiger partial charge in [0.05, 0.1) is 10.6 Å². The van der Waals surface area contributed by atoms with Crippen molar-refractivity contribution in [1.29, 1.82) is 0 Å². The third kappa shape index (κ3) is 2.47. The largest absolute Gasteiger partial charge is 0.312 e. The van der Waals surface area contributed by atoms with Crippen LogP contribution in [0.3, 0.4) is 0 Å². The number of sulfonamides is 1. The monoisotopic (exact) mass is 348 g/mol. The van der Waals surface area contributed by atoms with E-state index in [-0.39, 0.29) is 5.91 Å². The first-order valence-electron chi connectivity index (χ1n) is 8.82. The second-order valence-corrected chi connectivity index (χ2v) is 9.59. The Morgan fingerprint density at radius 2 is 1.62 bits per heavy atom. The van der Waals surface area contributed by atoms with Gasteiger partial charge in [-0.15, -0.1) is 0 Å². The van der Waals surface area contributed by atoms with Crippen molar-refractivity contribution in [3.05, 3.63) is 23.3 Å². The molecule has 3 aliphatic rings. The second kappa shape index (κ2) is 5.56. The molecular formula is C18H24N2O3S. The minimum absolute atomic E-state index is 0.163. The molecule has 1 aromatic carbocycles. The molecule has 1 amide bonds. The third-order valence-electron chi connectivity index (χ3n) is 5.50. The minimum Gasteiger partial charge on any atom is -0.312 e. The van der Waals surface area contributed by atoms with Crippen molar-refractivity contribution in [2.75, 3.05) is 24.5 Å². The molecule has 0 saturated carbocycles. The topological polar surface area (TPSA) is 57.7 Å². The zero-order chi connectivity index (χ0) is 17.1. The number of benzene rings is 1. The number of hydrogen-bond acceptors (Lipinski definition) is 3. The van der Waals surface area contributed by atoms with Gasteiger partial charge in [-0.25, -0.2) is 8.42 Å². The fourth-order valence-corrected chi connectivity index (χ4v) is 6.31. The van der Waals surface area contributed by atoms with Gasteiger partial charge < -0.3 is 4.90 Å². The molecule has 2 atom stereocenters. The van der Waals surface area contributed by atoms with E-state index in [1.165, 1.54) is 0 Å². The number of nitrogens with zero attached hydrogens (tertiary/aromatic N) is 2. The molecule has 24 heavy (non-hydrogen) atoms. The number of anilines is 1. The number of aryl methyl sites for hydroxylation is 1. The highest BCUT2D eigenvalue weighted by Crippen LogP contribution is 2.39. The van der Waals surface area contributed by atoms with Crippen molar-refractivity contribution in [1.82, 2.24) is 4.31 Å². The van der Waals surface area contributed by atoms with Gasteiger partial charge in [0, 0.05) is 26.1 Å². The van der Waals surface area contributed by atoms with E-state index in [9.17, 15) is 13.2 Å². The zero-order valence-corrected chi connectivity index (χ0v) is 15.1. The van der Waals surface area contributed by atoms with Crippen molar-refractivity contribution in [3.8, 4) is 0 Å². The summed E-state index contributed by atoms with van der Waals surface area (Å²) in [4.78, 5) is 14.3. The van der Waals surface area contributed by atoms with E-state index in [2.05, 4.69) is 13.8 Å². The highest BCUT2D eigenvalue weighted by atomic mass is 32.2. The van der Waals surface area contributed by atoms with Crippen molar-refractivity contribution in [2.45, 2.75) is 44.4 Å². The Balaban J connectivity index is 1.74. The summed E-state index contributed by atoms with van der Waals surface area (Å²) in [6.45, 7) is 6.12. The number of carbonyl (C=O) groups excluding carboxylic acids is 1. The number of amides is 1. The number of piperidine rings is 1. The van der Waals surface area contributed by atoms with Crippen LogP contribution < -0.4 is 4.90 Å². The highest BCUT2D eigenvalue weighted by molar-refractivity contribution is 7.89. The van der Waals surface area contributed by atoms with Crippen molar-refractivity contribution >= 4 is 21.6 Å². The van der Waals surface area contributed by atoms with E-state index < -0.39 is 10.0 Å². The van der Waals surface area contributed by atoms with Crippen LogP contribution in [0, 0.1) is 11.8 Å². The molecule has 1 fully saturated rings. The molecule has 0 aromatic heterocycles. The first kappa shape index (κ1) is 16.1. The van der Waals surface area contributed by atoms with E-state index in [0.717, 1.165) is 29.7 Å². The molecule has 0 aliphatic carbocycles. The maximum atomic E-state index is 13.2. The normalized spacial score (nSPS) is 27.4. The predicted molar refractivity (Wildman–Crippen MR) is 92.5 cm³/mol. The maximum absolute atomic E-state index is 13.2. The van der Waals surface area contributed by atoms with Crippen LogP contribution in [0.25, 0.3) is 0 Å². The van der Waals surface area contributed by atoms with Gasteiger partial charge in [-0.2, -0.15) is 4.31 Å². The Morgan fingerprint density at radius 1 is 1.00 bits per heavy atom. The summed E-state index contributed by atoms with van der Waals surface area (Å²) in [5.74, 6) is 0.948. The van der Waals surface area contributed by atoms with E-state index in [4.69, 9.17) is 0 Å². The molecule has 5 nitrogen and oxygen atoms in total. The summed E-state index contributed by atoms with van der Waals surface area (Å²) in [5, 5.41) is 0. The molecule has 0 unspecified atom stereocenters. The molecular weight excluding hydrogens is 324 g/mol. The fraction of sp³-hybridized carbons (Fsp3) is 0.611. The van der Waals surface area contributed by atoms with E-state index >= 15 is 0 Å². The molecule has 6 heteroatoms. The number of hydrogen-bond donors (Lipinski definition) is 0. The smallest absolute Gasteiger partial charge is 0.243 e. The Kier molecular flexibility index (Phi) is 3.73. The lowest BCUT2D eigenvalue weighted by atomic mass is 9.94. The van der Waals surface area contributed by atoms with E-state index in [0.29, 0.717) is 49.2 Å². The average molecular weight is 348 g/mol. The van der Waals surface area contributed by atoms with Crippen LogP contribution in [-0.4, -0.2) is 38.3 Å². The van der Waals surface area contributed by atoms with Crippen LogP contribution in [0.2, 0.25) is 0 Å². The molecule has 3 heterocycles. The summed E-state index contributed by atoms with van der Waals surface area (Å²) in [5.41, 5.74) is 3.00. The SMILES string of the molecule is C[C@@H]1C[C@@H](C)CN(S(=O)(=O)c2cc3c4c(c2)CCN4C(=O)CC3)C1. The molecule has 1 aromatic rings. The minimum atomic E-state index is -3.46. The molecule has 0 radical (unpaired) electrons. The van der Waals surface area contributed by atoms with E-state index in [1.54, 1.807) is 10.4 Å². The first-order valence-corrected chi connectivity index (χ1v) is 10.3. The van der Waals surface area contributed by atoms with Gasteiger partial charge >= 0.3 is 0 Å². The predicted octanol–water partition coefficient (Wildman–Crippen LogP) is 2.19. The van der Waals surface area contributed by atoms with Crippen LogP contribution in [-0.2, 0) is 27.7 Å². The molecule has 0 bridgehead atoms. The Morgan fingerprint density at radius 3 is 2.29 bits per heavy atom. The molecule has 0 spiro atoms. The quantitative estimate of drug-likeness (QED) is 0.823. The van der Waals surface area contributed by atoms with Gasteiger partial charge in [0.15, 0.2) is 0 Å². The summed E-state index contributed by atoms with van der Waals surface area (Å²) in [7, 11) is -3.46. The van der Waals surface area contributed by atoms with Crippen molar-refractivity contribution in [3.63, 3.8) is 0 Å². The number of carbonyl (C=O) groups is 1. The lowest BCUT2D eigenvalue weighted by Gasteiger charge is -2.34. The molecule has 0 N–H and O–H groups in total. The summed E-state index contributed by atoms with van der Waals surface area (Å²) < 4.78 is 28.0. The fourth-order valence-electron chi connectivity index (χ4n) is 4.53. The van der Waals surface area contributed by atoms with Gasteiger partial charge in [0.2, 0.25) is 15.9 Å². The average Bonchev–Trinajstić information content (AvgIpc) is 2.95. The second-order valence-electron chi connectivity index (χ2n) is 7.65. The van der Waals surface area contributed by atoms with Gasteiger partial charge in [0.25, 0.3) is 0 Å². The molecule has 3 aliphatic heterocycles. The van der Waals surface area contributed by atoms with E-state index in [1.807, 2.05) is 11.0 Å². The van der Waals surface area contributed by atoms with Gasteiger partial charge in [-0.05, 0) is 54.4 Å². The van der Waals surface area contributed by atoms with Crippen LogP contribution >= 0.6 is 0 Å². The van der Waals surface area contributed by atoms with Crippen LogP contribution in [0.4, 0.5) is 5.69 Å². The summed E-state index contributed by atoms with van der Waals surface area (Å²) >= 11 is 0. The Bertz CT molecular complexity index is 793. The molecule has 4 rings (SSSR count). The third-order valence-corrected chi connectivity index (χ3v) is 7.31. The van der Waals surface area contributed by atoms with Gasteiger partial charge in [-0.3, -0.25) is 4.79 Å². The first-order chi connectivity index (χ1) is 11.4. The zero-order valence-electron chi connectivity index (χ0n) is 14.3. The van der Waals surface area contributed by atoms with Crippen LogP contribution in [0.15, 0.2) is 17.0 Å². The standard InChI is InChI=1S/C18H24N2O3S/c1-12-7-13(2)11-19(10-12)24(22,23)16-8-14-3-4-17(21)20-6-5-15(9-16)18(14)20/h8-9,12-13H,3-7,10-11H2,1-2H3/t12-,13-/m1/s1. The van der Waals surface area contributed by atoms with Gasteiger partial charge in [0.1, 0.15) is 0 Å². The van der Waals surface area contributed by atoms with Crippen LogP contribution in [0.1, 0.15) is 37.8 Å². The molecule has 1 saturated heterocycles. The number of rotatable bonds is 2. The van der Waals surface area contributed by atoms with Crippen LogP contribution in [0.5, 0.6) is 0 Å².